The van der Waals surface area contributed by atoms with E-state index in [4.69, 9.17) is 12.2 Å². The number of aliphatic imine (C=N–C) groups is 2. The van der Waals surface area contributed by atoms with E-state index >= 15 is 0 Å². The lowest BCUT2D eigenvalue weighted by molar-refractivity contribution is 0.525. The summed E-state index contributed by atoms with van der Waals surface area (Å²) in [5.41, 5.74) is 6.97. The summed E-state index contributed by atoms with van der Waals surface area (Å²) in [4.78, 5) is 9.20. The number of hydrogen-bond donors (Lipinski definition) is 1. The second-order valence-electron chi connectivity index (χ2n) is 4.37. The van der Waals surface area contributed by atoms with E-state index in [1.54, 1.807) is 0 Å². The molecular weight excluding hydrogens is 224 g/mol. The molecule has 0 amide bonds. The fourth-order valence-electron chi connectivity index (χ4n) is 2.20. The highest BCUT2D eigenvalue weighted by atomic mass is 15.1. The summed E-state index contributed by atoms with van der Waals surface area (Å²) in [6.45, 7) is 3.97. The maximum atomic E-state index is 5.86. The van der Waals surface area contributed by atoms with Crippen LogP contribution in [0.5, 0.6) is 0 Å². The summed E-state index contributed by atoms with van der Waals surface area (Å²) in [7, 11) is 0. The van der Waals surface area contributed by atoms with Gasteiger partial charge in [0.15, 0.2) is 0 Å². The van der Waals surface area contributed by atoms with Gasteiger partial charge in [0, 0.05) is 19.0 Å². The second-order valence-corrected chi connectivity index (χ2v) is 4.37. The Bertz CT molecular complexity index is 530. The molecule has 1 aromatic rings. The van der Waals surface area contributed by atoms with E-state index in [9.17, 15) is 0 Å². The van der Waals surface area contributed by atoms with Crippen molar-refractivity contribution in [1.82, 2.24) is 4.57 Å². The first kappa shape index (κ1) is 12.4. The van der Waals surface area contributed by atoms with Gasteiger partial charge in [-0.3, -0.25) is 9.98 Å². The minimum atomic E-state index is -0.0697. The molecule has 2 heterocycles. The van der Waals surface area contributed by atoms with Crippen LogP contribution in [0.25, 0.3) is 0 Å². The average Bonchev–Trinajstić information content (AvgIpc) is 2.83. The van der Waals surface area contributed by atoms with Crippen LogP contribution in [0.4, 0.5) is 0 Å². The molecule has 0 fully saturated rings. The second kappa shape index (κ2) is 5.09. The lowest BCUT2D eigenvalue weighted by Gasteiger charge is -2.27. The maximum Gasteiger partial charge on any atom is 0.116 e. The molecule has 1 aliphatic heterocycles. The van der Waals surface area contributed by atoms with Gasteiger partial charge in [-0.05, 0) is 19.1 Å². The molecule has 94 valence electrons. The van der Waals surface area contributed by atoms with Crippen molar-refractivity contribution in [2.45, 2.75) is 38.8 Å². The van der Waals surface area contributed by atoms with Crippen LogP contribution >= 0.6 is 0 Å². The summed E-state index contributed by atoms with van der Waals surface area (Å²) in [6, 6.07) is 3.97. The monoisotopic (exact) mass is 242 g/mol. The Morgan fingerprint density at radius 1 is 1.67 bits per heavy atom. The molecule has 1 aromatic heterocycles. The van der Waals surface area contributed by atoms with E-state index in [1.807, 2.05) is 30.7 Å². The van der Waals surface area contributed by atoms with Gasteiger partial charge in [-0.2, -0.15) is 0 Å². The van der Waals surface area contributed by atoms with Crippen LogP contribution in [-0.4, -0.2) is 22.3 Å². The molecule has 0 radical (unpaired) electrons. The molecule has 0 saturated carbocycles. The van der Waals surface area contributed by atoms with E-state index in [1.165, 1.54) is 0 Å². The van der Waals surface area contributed by atoms with Crippen molar-refractivity contribution in [3.8, 4) is 12.3 Å². The van der Waals surface area contributed by atoms with Crippen molar-refractivity contribution in [2.75, 3.05) is 0 Å². The van der Waals surface area contributed by atoms with E-state index < -0.39 is 0 Å². The zero-order chi connectivity index (χ0) is 13.1. The van der Waals surface area contributed by atoms with Crippen LogP contribution < -0.4 is 5.73 Å². The number of terminal acetylenes is 1. The molecule has 4 nitrogen and oxygen atoms in total. The summed E-state index contributed by atoms with van der Waals surface area (Å²) in [6.07, 6.45) is 8.73. The van der Waals surface area contributed by atoms with E-state index in [0.717, 1.165) is 18.0 Å². The Balaban J connectivity index is 2.44. The third-order valence-corrected chi connectivity index (χ3v) is 3.14. The first-order chi connectivity index (χ1) is 8.67. The minimum Gasteiger partial charge on any atom is -0.387 e. The van der Waals surface area contributed by atoms with E-state index in [2.05, 4.69) is 22.0 Å². The highest BCUT2D eigenvalue weighted by Crippen LogP contribution is 2.30. The fourth-order valence-corrected chi connectivity index (χ4v) is 2.20. The van der Waals surface area contributed by atoms with Crippen molar-refractivity contribution in [3.05, 3.63) is 24.0 Å². The lowest BCUT2D eigenvalue weighted by atomic mass is 10.0. The predicted octanol–water partition coefficient (Wildman–Crippen LogP) is 1.97. The Morgan fingerprint density at radius 3 is 3.11 bits per heavy atom. The van der Waals surface area contributed by atoms with Gasteiger partial charge in [0.25, 0.3) is 0 Å². The zero-order valence-corrected chi connectivity index (χ0v) is 10.8. The number of fused-ring (bicyclic) bond motifs is 1. The van der Waals surface area contributed by atoms with E-state index in [0.29, 0.717) is 12.3 Å². The molecule has 0 saturated heterocycles. The molecule has 0 spiro atoms. The van der Waals surface area contributed by atoms with Gasteiger partial charge in [0.1, 0.15) is 11.9 Å². The van der Waals surface area contributed by atoms with Crippen molar-refractivity contribution >= 4 is 11.7 Å². The van der Waals surface area contributed by atoms with E-state index in [-0.39, 0.29) is 12.1 Å². The number of nitrogens with zero attached hydrogens (tertiary/aromatic N) is 3. The first-order valence-electron chi connectivity index (χ1n) is 6.15. The molecule has 0 aromatic carbocycles. The maximum absolute atomic E-state index is 5.86. The largest absolute Gasteiger partial charge is 0.387 e. The quantitative estimate of drug-likeness (QED) is 0.492. The van der Waals surface area contributed by atoms with Gasteiger partial charge in [0.05, 0.1) is 17.6 Å². The summed E-state index contributed by atoms with van der Waals surface area (Å²) in [5, 5.41) is 0. The van der Waals surface area contributed by atoms with Crippen LogP contribution in [-0.2, 0) is 0 Å². The molecule has 2 unspecified atom stereocenters. The highest BCUT2D eigenvalue weighted by Gasteiger charge is 2.28. The molecule has 18 heavy (non-hydrogen) atoms. The fraction of sp³-hybridized carbons (Fsp3) is 0.429. The number of hydrogen-bond acceptors (Lipinski definition) is 2. The normalized spacial score (nSPS) is 23.2. The van der Waals surface area contributed by atoms with Gasteiger partial charge in [-0.15, -0.1) is 12.3 Å². The van der Waals surface area contributed by atoms with Gasteiger partial charge in [-0.1, -0.05) is 6.92 Å². The van der Waals surface area contributed by atoms with Crippen molar-refractivity contribution in [3.63, 3.8) is 0 Å². The van der Waals surface area contributed by atoms with Gasteiger partial charge in [0.2, 0.25) is 0 Å². The summed E-state index contributed by atoms with van der Waals surface area (Å²) >= 11 is 0. The SMILES string of the molecule is C#CCC1N=C(C)n2cccc2C1N=C(N)CC. The molecule has 2 rings (SSSR count). The number of aromatic nitrogens is 1. The predicted molar refractivity (Wildman–Crippen MR) is 74.8 cm³/mol. The zero-order valence-electron chi connectivity index (χ0n) is 10.8. The highest BCUT2D eigenvalue weighted by molar-refractivity contribution is 5.85. The van der Waals surface area contributed by atoms with Crippen molar-refractivity contribution < 1.29 is 0 Å². The Hall–Kier alpha value is -2.02. The van der Waals surface area contributed by atoms with Crippen LogP contribution in [0.2, 0.25) is 0 Å². The first-order valence-corrected chi connectivity index (χ1v) is 6.15. The lowest BCUT2D eigenvalue weighted by Crippen LogP contribution is -2.29. The third kappa shape index (κ3) is 2.17. The summed E-state index contributed by atoms with van der Waals surface area (Å²) < 4.78 is 2.05. The number of rotatable bonds is 3. The topological polar surface area (TPSA) is 55.7 Å². The molecule has 4 heteroatoms. The molecule has 0 bridgehead atoms. The van der Waals surface area contributed by atoms with Crippen LogP contribution in [0.1, 0.15) is 38.4 Å². The van der Waals surface area contributed by atoms with Crippen LogP contribution in [0, 0.1) is 12.3 Å². The average molecular weight is 242 g/mol. The Labute approximate surface area is 108 Å². The third-order valence-electron chi connectivity index (χ3n) is 3.14. The molecule has 0 aliphatic carbocycles. The Kier molecular flexibility index (Phi) is 3.52. The van der Waals surface area contributed by atoms with Gasteiger partial charge < -0.3 is 10.3 Å². The van der Waals surface area contributed by atoms with Crippen molar-refractivity contribution in [1.29, 1.82) is 0 Å². The molecule has 2 atom stereocenters. The van der Waals surface area contributed by atoms with Gasteiger partial charge >= 0.3 is 0 Å². The summed E-state index contributed by atoms with van der Waals surface area (Å²) in [5.74, 6) is 4.27. The smallest absolute Gasteiger partial charge is 0.116 e. The standard InChI is InChI=1S/C14H18N4/c1-4-7-11-14(17-13(15)5-2)12-8-6-9-18(12)10(3)16-11/h1,6,8-9,11,14H,5,7H2,2-3H3,(H2,15,17). The van der Waals surface area contributed by atoms with Crippen LogP contribution in [0.3, 0.4) is 0 Å². The van der Waals surface area contributed by atoms with Gasteiger partial charge in [-0.25, -0.2) is 0 Å². The Morgan fingerprint density at radius 2 is 2.44 bits per heavy atom. The minimum absolute atomic E-state index is 0.0116. The molecular formula is C14H18N4. The van der Waals surface area contributed by atoms with Crippen LogP contribution in [0.15, 0.2) is 28.3 Å². The number of nitrogens with two attached hydrogens (primary N) is 1. The number of amidine groups is 1. The van der Waals surface area contributed by atoms with Crippen molar-refractivity contribution in [2.24, 2.45) is 15.7 Å². The molecule has 1 aliphatic rings. The molecule has 2 N–H and O–H groups in total.